The van der Waals surface area contributed by atoms with Gasteiger partial charge < -0.3 is 5.32 Å². The van der Waals surface area contributed by atoms with Crippen LogP contribution in [0.25, 0.3) is 5.69 Å². The Morgan fingerprint density at radius 1 is 1.29 bits per heavy atom. The number of rotatable bonds is 3. The largest absolute Gasteiger partial charge is 0.321 e. The summed E-state index contributed by atoms with van der Waals surface area (Å²) in [4.78, 5) is 12.5. The van der Waals surface area contributed by atoms with E-state index in [2.05, 4.69) is 26.3 Å². The summed E-state index contributed by atoms with van der Waals surface area (Å²) >= 11 is 9.42. The Morgan fingerprint density at radius 2 is 2.04 bits per heavy atom. The van der Waals surface area contributed by atoms with Gasteiger partial charge in [0.05, 0.1) is 28.2 Å². The predicted octanol–water partition coefficient (Wildman–Crippen LogP) is 4.99. The first-order valence-electron chi connectivity index (χ1n) is 7.03. The summed E-state index contributed by atoms with van der Waals surface area (Å²) in [7, 11) is 0. The van der Waals surface area contributed by atoms with Crippen molar-refractivity contribution in [2.75, 3.05) is 5.32 Å². The number of halogens is 3. The number of aromatic nitrogens is 2. The quantitative estimate of drug-likeness (QED) is 0.664. The number of nitrogens with zero attached hydrogens (tertiary/aromatic N) is 2. The van der Waals surface area contributed by atoms with Gasteiger partial charge in [0.15, 0.2) is 0 Å². The average Bonchev–Trinajstić information content (AvgIpc) is 2.92. The number of carbonyl (C=O) groups excluding carboxylic acids is 1. The molecule has 0 spiro atoms. The molecule has 1 aromatic heterocycles. The lowest BCUT2D eigenvalue weighted by Crippen LogP contribution is -2.13. The Kier molecular flexibility index (Phi) is 4.69. The lowest BCUT2D eigenvalue weighted by Gasteiger charge is -2.08. The van der Waals surface area contributed by atoms with Gasteiger partial charge in [-0.2, -0.15) is 5.10 Å². The lowest BCUT2D eigenvalue weighted by atomic mass is 10.2. The van der Waals surface area contributed by atoms with Gasteiger partial charge in [0.1, 0.15) is 11.5 Å². The van der Waals surface area contributed by atoms with Crippen molar-refractivity contribution < 1.29 is 9.18 Å². The van der Waals surface area contributed by atoms with E-state index in [1.165, 1.54) is 16.9 Å². The first-order chi connectivity index (χ1) is 11.5. The van der Waals surface area contributed by atoms with E-state index in [-0.39, 0.29) is 11.6 Å². The maximum atomic E-state index is 13.9. The molecule has 1 N–H and O–H groups in total. The first kappa shape index (κ1) is 16.7. The predicted molar refractivity (Wildman–Crippen MR) is 95.4 cm³/mol. The number of carbonyl (C=O) groups is 1. The zero-order valence-corrected chi connectivity index (χ0v) is 14.9. The first-order valence-corrected chi connectivity index (χ1v) is 8.20. The fourth-order valence-electron chi connectivity index (χ4n) is 2.28. The highest BCUT2D eigenvalue weighted by Crippen LogP contribution is 2.26. The third kappa shape index (κ3) is 3.20. The van der Waals surface area contributed by atoms with Gasteiger partial charge in [-0.05, 0) is 37.3 Å². The molecule has 0 radical (unpaired) electrons. The van der Waals surface area contributed by atoms with Crippen molar-refractivity contribution in [1.29, 1.82) is 0 Å². The van der Waals surface area contributed by atoms with Crippen molar-refractivity contribution in [1.82, 2.24) is 9.78 Å². The van der Waals surface area contributed by atoms with E-state index in [0.29, 0.717) is 22.0 Å². The van der Waals surface area contributed by atoms with E-state index in [1.807, 2.05) is 0 Å². The number of anilines is 1. The zero-order chi connectivity index (χ0) is 17.3. The summed E-state index contributed by atoms with van der Waals surface area (Å²) in [5.41, 5.74) is 1.65. The van der Waals surface area contributed by atoms with Crippen LogP contribution in [0.1, 0.15) is 16.1 Å². The molecule has 1 heterocycles. The van der Waals surface area contributed by atoms with E-state index in [4.69, 9.17) is 11.6 Å². The van der Waals surface area contributed by atoms with Gasteiger partial charge in [0.2, 0.25) is 0 Å². The molecule has 122 valence electrons. The summed E-state index contributed by atoms with van der Waals surface area (Å²) in [6.07, 6.45) is 1.41. The third-order valence-electron chi connectivity index (χ3n) is 3.51. The molecule has 0 aliphatic rings. The van der Waals surface area contributed by atoms with Gasteiger partial charge in [-0.3, -0.25) is 4.79 Å². The maximum Gasteiger partial charge on any atom is 0.259 e. The molecule has 0 unspecified atom stereocenters. The van der Waals surface area contributed by atoms with Gasteiger partial charge in [-0.15, -0.1) is 0 Å². The monoisotopic (exact) mass is 407 g/mol. The molecule has 0 atom stereocenters. The SMILES string of the molecule is Cc1c(C(=O)Nc2ccc(Br)cc2Cl)cnn1-c1ccccc1F. The molecule has 0 saturated carbocycles. The number of amides is 1. The fraction of sp³-hybridized carbons (Fsp3) is 0.0588. The Morgan fingerprint density at radius 3 is 2.75 bits per heavy atom. The van der Waals surface area contributed by atoms with Crippen LogP contribution in [-0.4, -0.2) is 15.7 Å². The van der Waals surface area contributed by atoms with Crippen LogP contribution in [0.3, 0.4) is 0 Å². The average molecular weight is 409 g/mol. The molecule has 2 aromatic carbocycles. The van der Waals surface area contributed by atoms with Crippen molar-refractivity contribution in [3.05, 3.63) is 75.2 Å². The van der Waals surface area contributed by atoms with Crippen LogP contribution < -0.4 is 5.32 Å². The summed E-state index contributed by atoms with van der Waals surface area (Å²) in [5, 5.41) is 7.27. The summed E-state index contributed by atoms with van der Waals surface area (Å²) in [5.74, 6) is -0.772. The van der Waals surface area contributed by atoms with Gasteiger partial charge in [0.25, 0.3) is 5.91 Å². The molecule has 24 heavy (non-hydrogen) atoms. The molecule has 3 aromatic rings. The highest BCUT2D eigenvalue weighted by molar-refractivity contribution is 9.10. The van der Waals surface area contributed by atoms with Gasteiger partial charge in [0, 0.05) is 4.47 Å². The lowest BCUT2D eigenvalue weighted by molar-refractivity contribution is 0.102. The molecule has 0 fully saturated rings. The van der Waals surface area contributed by atoms with Gasteiger partial charge >= 0.3 is 0 Å². The topological polar surface area (TPSA) is 46.9 Å². The molecule has 0 saturated heterocycles. The standard InChI is InChI=1S/C17H12BrClFN3O/c1-10-12(9-21-23(10)16-5-3-2-4-14(16)20)17(24)22-15-7-6-11(18)8-13(15)19/h2-9H,1H3,(H,22,24). The minimum absolute atomic E-state index is 0.288. The second-order valence-corrected chi connectivity index (χ2v) is 6.41. The van der Waals surface area contributed by atoms with Crippen LogP contribution in [-0.2, 0) is 0 Å². The van der Waals surface area contributed by atoms with Crippen LogP contribution in [0.2, 0.25) is 5.02 Å². The molecule has 0 aliphatic heterocycles. The van der Waals surface area contributed by atoms with Crippen molar-refractivity contribution in [2.45, 2.75) is 6.92 Å². The molecule has 0 aliphatic carbocycles. The molecule has 3 rings (SSSR count). The van der Waals surface area contributed by atoms with E-state index < -0.39 is 5.82 Å². The number of nitrogens with one attached hydrogen (secondary N) is 1. The van der Waals surface area contributed by atoms with E-state index in [1.54, 1.807) is 43.3 Å². The van der Waals surface area contributed by atoms with Crippen LogP contribution in [0.4, 0.5) is 10.1 Å². The normalized spacial score (nSPS) is 10.7. The zero-order valence-electron chi connectivity index (χ0n) is 12.6. The molecule has 7 heteroatoms. The van der Waals surface area contributed by atoms with E-state index >= 15 is 0 Å². The molecular formula is C17H12BrClFN3O. The molecule has 4 nitrogen and oxygen atoms in total. The van der Waals surface area contributed by atoms with E-state index in [9.17, 15) is 9.18 Å². The fourth-order valence-corrected chi connectivity index (χ4v) is 3.00. The molecule has 0 bridgehead atoms. The van der Waals surface area contributed by atoms with Crippen LogP contribution in [0, 0.1) is 12.7 Å². The number of hydrogen-bond acceptors (Lipinski definition) is 2. The Labute approximate surface area is 151 Å². The maximum absolute atomic E-state index is 13.9. The smallest absolute Gasteiger partial charge is 0.259 e. The van der Waals surface area contributed by atoms with Crippen molar-refractivity contribution in [3.63, 3.8) is 0 Å². The second-order valence-electron chi connectivity index (χ2n) is 5.09. The Hall–Kier alpha value is -2.18. The minimum Gasteiger partial charge on any atom is -0.321 e. The Bertz CT molecular complexity index is 926. The van der Waals surface area contributed by atoms with Crippen molar-refractivity contribution in [2.24, 2.45) is 0 Å². The second kappa shape index (κ2) is 6.75. The minimum atomic E-state index is -0.411. The number of para-hydroxylation sites is 1. The summed E-state index contributed by atoms with van der Waals surface area (Å²) < 4.78 is 16.1. The number of hydrogen-bond donors (Lipinski definition) is 1. The summed E-state index contributed by atoms with van der Waals surface area (Å²) in [6.45, 7) is 1.71. The van der Waals surface area contributed by atoms with Gasteiger partial charge in [-0.1, -0.05) is 39.7 Å². The third-order valence-corrected chi connectivity index (χ3v) is 4.32. The van der Waals surface area contributed by atoms with E-state index in [0.717, 1.165) is 4.47 Å². The molecular weight excluding hydrogens is 397 g/mol. The molecule has 1 amide bonds. The summed E-state index contributed by atoms with van der Waals surface area (Å²) in [6, 6.07) is 11.4. The highest BCUT2D eigenvalue weighted by Gasteiger charge is 2.17. The van der Waals surface area contributed by atoms with Crippen molar-refractivity contribution >= 4 is 39.1 Å². The van der Waals surface area contributed by atoms with Crippen molar-refractivity contribution in [3.8, 4) is 5.69 Å². The van der Waals surface area contributed by atoms with Crippen LogP contribution >= 0.6 is 27.5 Å². The highest BCUT2D eigenvalue weighted by atomic mass is 79.9. The Balaban J connectivity index is 1.91. The van der Waals surface area contributed by atoms with Crippen LogP contribution in [0.15, 0.2) is 53.1 Å². The van der Waals surface area contributed by atoms with Crippen LogP contribution in [0.5, 0.6) is 0 Å². The number of benzene rings is 2. The van der Waals surface area contributed by atoms with Gasteiger partial charge in [-0.25, -0.2) is 9.07 Å².